The number of thiazole rings is 1. The highest BCUT2D eigenvalue weighted by molar-refractivity contribution is 8.00. The number of amides is 2. The van der Waals surface area contributed by atoms with Crippen LogP contribution in [0, 0.1) is 0 Å². The Morgan fingerprint density at radius 1 is 1.16 bits per heavy atom. The van der Waals surface area contributed by atoms with Gasteiger partial charge in [0.25, 0.3) is 0 Å². The first-order chi connectivity index (χ1) is 12.0. The molecule has 0 aliphatic rings. The number of hydrogen-bond donors (Lipinski definition) is 4. The first-order valence-electron chi connectivity index (χ1n) is 6.92. The molecule has 0 bridgehead atoms. The molecule has 0 saturated heterocycles. The molecular formula is C14H14ClN5O2S3. The third kappa shape index (κ3) is 7.26. The summed E-state index contributed by atoms with van der Waals surface area (Å²) in [6.07, 6.45) is 1.60. The molecule has 0 fully saturated rings. The zero-order valence-corrected chi connectivity index (χ0v) is 16.0. The van der Waals surface area contributed by atoms with E-state index in [0.717, 1.165) is 0 Å². The number of para-hydroxylation sites is 1. The molecule has 2 aromatic rings. The van der Waals surface area contributed by atoms with Crippen LogP contribution < -0.4 is 21.5 Å². The number of nitrogens with zero attached hydrogens (tertiary/aromatic N) is 1. The molecule has 0 saturated carbocycles. The molecule has 1 heterocycles. The summed E-state index contributed by atoms with van der Waals surface area (Å²) >= 11 is 13.6. The fraction of sp³-hybridized carbons (Fsp3) is 0.143. The molecule has 2 amide bonds. The van der Waals surface area contributed by atoms with Crippen molar-refractivity contribution in [1.82, 2.24) is 15.8 Å². The van der Waals surface area contributed by atoms with Gasteiger partial charge in [-0.15, -0.1) is 23.1 Å². The topological polar surface area (TPSA) is 95.2 Å². The van der Waals surface area contributed by atoms with Crippen molar-refractivity contribution in [3.05, 3.63) is 40.9 Å². The predicted molar refractivity (Wildman–Crippen MR) is 107 cm³/mol. The van der Waals surface area contributed by atoms with Gasteiger partial charge in [0.15, 0.2) is 10.2 Å². The van der Waals surface area contributed by atoms with Crippen LogP contribution >= 0.6 is 46.9 Å². The zero-order chi connectivity index (χ0) is 18.1. The van der Waals surface area contributed by atoms with Crippen LogP contribution in [-0.2, 0) is 9.59 Å². The summed E-state index contributed by atoms with van der Waals surface area (Å²) in [5.41, 5.74) is 5.64. The Bertz CT molecular complexity index is 742. The zero-order valence-electron chi connectivity index (χ0n) is 12.7. The lowest BCUT2D eigenvalue weighted by atomic mass is 10.3. The largest absolute Gasteiger partial charge is 0.330 e. The molecule has 1 aromatic heterocycles. The lowest BCUT2D eigenvalue weighted by molar-refractivity contribution is -0.119. The maximum atomic E-state index is 11.7. The summed E-state index contributed by atoms with van der Waals surface area (Å²) in [4.78, 5) is 27.3. The molecule has 0 unspecified atom stereocenters. The third-order valence-electron chi connectivity index (χ3n) is 2.58. The Kier molecular flexibility index (Phi) is 7.92. The van der Waals surface area contributed by atoms with Crippen LogP contribution in [0.25, 0.3) is 0 Å². The van der Waals surface area contributed by atoms with Crippen molar-refractivity contribution >= 4 is 74.7 Å². The van der Waals surface area contributed by atoms with Crippen LogP contribution in [0.4, 0.5) is 10.8 Å². The van der Waals surface area contributed by atoms with E-state index >= 15 is 0 Å². The summed E-state index contributed by atoms with van der Waals surface area (Å²) in [6, 6.07) is 7.09. The molecule has 4 N–H and O–H groups in total. The highest BCUT2D eigenvalue weighted by Crippen LogP contribution is 2.20. The minimum absolute atomic E-state index is 0.104. The summed E-state index contributed by atoms with van der Waals surface area (Å²) < 4.78 is 0. The SMILES string of the molecule is O=C(CSCC(=O)Nc1nccs1)NNC(=S)Nc1ccccc1Cl. The second kappa shape index (κ2) is 10.2. The molecule has 11 heteroatoms. The Balaban J connectivity index is 1.61. The lowest BCUT2D eigenvalue weighted by Gasteiger charge is -2.12. The van der Waals surface area contributed by atoms with Gasteiger partial charge in [0.2, 0.25) is 11.8 Å². The number of carbonyl (C=O) groups excluding carboxylic acids is 2. The van der Waals surface area contributed by atoms with E-state index in [-0.39, 0.29) is 28.4 Å². The number of carbonyl (C=O) groups is 2. The quantitative estimate of drug-likeness (QED) is 0.425. The Morgan fingerprint density at radius 3 is 2.64 bits per heavy atom. The van der Waals surface area contributed by atoms with E-state index in [2.05, 4.69) is 26.5 Å². The van der Waals surface area contributed by atoms with Crippen molar-refractivity contribution in [2.45, 2.75) is 0 Å². The Labute approximate surface area is 162 Å². The van der Waals surface area contributed by atoms with Gasteiger partial charge in [-0.05, 0) is 24.4 Å². The smallest absolute Gasteiger partial charge is 0.248 e. The van der Waals surface area contributed by atoms with Crippen molar-refractivity contribution in [3.8, 4) is 0 Å². The number of halogens is 1. The molecule has 2 rings (SSSR count). The molecule has 0 aliphatic heterocycles. The molecular weight excluding hydrogens is 402 g/mol. The van der Waals surface area contributed by atoms with E-state index in [0.29, 0.717) is 15.8 Å². The van der Waals surface area contributed by atoms with E-state index in [1.807, 2.05) is 6.07 Å². The van der Waals surface area contributed by atoms with Gasteiger partial charge in [-0.1, -0.05) is 23.7 Å². The van der Waals surface area contributed by atoms with Crippen LogP contribution in [0.1, 0.15) is 0 Å². The number of aromatic nitrogens is 1. The number of thioether (sulfide) groups is 1. The van der Waals surface area contributed by atoms with Gasteiger partial charge in [-0.25, -0.2) is 4.98 Å². The standard InChI is InChI=1S/C14H14ClN5O2S3/c15-9-3-1-2-4-10(9)17-13(23)20-19-12(22)8-24-7-11(21)18-14-16-5-6-25-14/h1-6H,7-8H2,(H,19,22)(H,16,18,21)(H2,17,20,23). The van der Waals surface area contributed by atoms with Crippen LogP contribution in [0.15, 0.2) is 35.8 Å². The second-order valence-corrected chi connectivity index (χ2v) is 7.18. The van der Waals surface area contributed by atoms with Crippen molar-refractivity contribution in [2.75, 3.05) is 22.1 Å². The van der Waals surface area contributed by atoms with E-state index in [9.17, 15) is 9.59 Å². The predicted octanol–water partition coefficient (Wildman–Crippen LogP) is 2.49. The van der Waals surface area contributed by atoms with E-state index in [1.165, 1.54) is 23.1 Å². The lowest BCUT2D eigenvalue weighted by Crippen LogP contribution is -2.44. The average Bonchev–Trinajstić information content (AvgIpc) is 3.08. The number of benzene rings is 1. The monoisotopic (exact) mass is 415 g/mol. The van der Waals surface area contributed by atoms with E-state index < -0.39 is 0 Å². The summed E-state index contributed by atoms with van der Waals surface area (Å²) in [6.45, 7) is 0. The average molecular weight is 416 g/mol. The van der Waals surface area contributed by atoms with Crippen molar-refractivity contribution in [3.63, 3.8) is 0 Å². The first kappa shape index (κ1) is 19.4. The van der Waals surface area contributed by atoms with Crippen molar-refractivity contribution in [2.24, 2.45) is 0 Å². The van der Waals surface area contributed by atoms with Gasteiger partial charge in [-0.2, -0.15) is 0 Å². The highest BCUT2D eigenvalue weighted by Gasteiger charge is 2.08. The number of nitrogens with one attached hydrogen (secondary N) is 4. The van der Waals surface area contributed by atoms with Gasteiger partial charge in [0.1, 0.15) is 0 Å². The maximum absolute atomic E-state index is 11.7. The summed E-state index contributed by atoms with van der Waals surface area (Å²) in [5, 5.41) is 8.51. The molecule has 0 radical (unpaired) electrons. The van der Waals surface area contributed by atoms with E-state index in [4.69, 9.17) is 23.8 Å². The fourth-order valence-corrected chi connectivity index (χ4v) is 3.06. The van der Waals surface area contributed by atoms with Gasteiger partial charge in [0, 0.05) is 11.6 Å². The number of rotatable bonds is 6. The third-order valence-corrected chi connectivity index (χ3v) is 4.74. The van der Waals surface area contributed by atoms with Crippen molar-refractivity contribution < 1.29 is 9.59 Å². The van der Waals surface area contributed by atoms with Gasteiger partial charge in [-0.3, -0.25) is 20.4 Å². The summed E-state index contributed by atoms with van der Waals surface area (Å²) in [7, 11) is 0. The normalized spacial score (nSPS) is 9.96. The Morgan fingerprint density at radius 2 is 1.92 bits per heavy atom. The minimum Gasteiger partial charge on any atom is -0.330 e. The van der Waals surface area contributed by atoms with Gasteiger partial charge in [0.05, 0.1) is 22.2 Å². The van der Waals surface area contributed by atoms with Crippen LogP contribution in [0.3, 0.4) is 0 Å². The number of anilines is 2. The molecule has 0 aliphatic carbocycles. The molecule has 1 aromatic carbocycles. The van der Waals surface area contributed by atoms with Crippen LogP contribution in [0.5, 0.6) is 0 Å². The molecule has 7 nitrogen and oxygen atoms in total. The van der Waals surface area contributed by atoms with E-state index in [1.54, 1.807) is 29.8 Å². The first-order valence-corrected chi connectivity index (χ1v) is 9.74. The van der Waals surface area contributed by atoms with Gasteiger partial charge < -0.3 is 10.6 Å². The highest BCUT2D eigenvalue weighted by atomic mass is 35.5. The number of hydrogen-bond acceptors (Lipinski definition) is 6. The number of hydrazine groups is 1. The molecule has 25 heavy (non-hydrogen) atoms. The second-order valence-electron chi connectivity index (χ2n) is 4.49. The molecule has 132 valence electrons. The summed E-state index contributed by atoms with van der Waals surface area (Å²) in [5.74, 6) is -0.269. The van der Waals surface area contributed by atoms with Crippen molar-refractivity contribution in [1.29, 1.82) is 0 Å². The number of thiocarbonyl (C=S) groups is 1. The Hall–Kier alpha value is -1.88. The minimum atomic E-state index is -0.310. The van der Waals surface area contributed by atoms with Crippen LogP contribution in [-0.4, -0.2) is 33.4 Å². The molecule has 0 spiro atoms. The van der Waals surface area contributed by atoms with Gasteiger partial charge >= 0.3 is 0 Å². The van der Waals surface area contributed by atoms with Crippen LogP contribution in [0.2, 0.25) is 5.02 Å². The molecule has 0 atom stereocenters. The maximum Gasteiger partial charge on any atom is 0.248 e. The fourth-order valence-electron chi connectivity index (χ4n) is 1.56.